The highest BCUT2D eigenvalue weighted by Crippen LogP contribution is 2.28. The number of hydrogen-bond donors (Lipinski definition) is 2. The van der Waals surface area contributed by atoms with Gasteiger partial charge in [-0.3, -0.25) is 4.79 Å². The van der Waals surface area contributed by atoms with Gasteiger partial charge in [0.15, 0.2) is 11.5 Å². The number of rotatable bonds is 8. The molecule has 2 unspecified atom stereocenters. The number of carbonyl (C=O) groups excluding carboxylic acids is 1. The minimum absolute atomic E-state index is 0.0481. The average Bonchev–Trinajstić information content (AvgIpc) is 2.57. The van der Waals surface area contributed by atoms with Crippen LogP contribution in [0.2, 0.25) is 0 Å². The molecule has 0 aromatic heterocycles. The zero-order valence-corrected chi connectivity index (χ0v) is 15.1. The van der Waals surface area contributed by atoms with Crippen molar-refractivity contribution in [1.82, 2.24) is 10.6 Å². The van der Waals surface area contributed by atoms with Crippen LogP contribution in [0.25, 0.3) is 0 Å². The van der Waals surface area contributed by atoms with E-state index in [4.69, 9.17) is 9.47 Å². The molecule has 0 aliphatic carbocycles. The number of nitrogens with one attached hydrogen (secondary N) is 2. The molecule has 1 aliphatic heterocycles. The SMILES string of the molecule is CCOc1ccc(CCNC(=O)C2CC(C)CCN2)cc1OCC. The summed E-state index contributed by atoms with van der Waals surface area (Å²) < 4.78 is 11.2. The molecule has 1 saturated heterocycles. The summed E-state index contributed by atoms with van der Waals surface area (Å²) in [4.78, 5) is 12.2. The van der Waals surface area contributed by atoms with Crippen molar-refractivity contribution in [2.45, 2.75) is 46.1 Å². The third-order valence-electron chi connectivity index (χ3n) is 4.30. The molecular weight excluding hydrogens is 304 g/mol. The fourth-order valence-corrected chi connectivity index (χ4v) is 3.01. The van der Waals surface area contributed by atoms with Gasteiger partial charge in [0.1, 0.15) is 0 Å². The first-order valence-corrected chi connectivity index (χ1v) is 9.03. The van der Waals surface area contributed by atoms with E-state index in [-0.39, 0.29) is 11.9 Å². The van der Waals surface area contributed by atoms with Gasteiger partial charge in [0.2, 0.25) is 5.91 Å². The predicted molar refractivity (Wildman–Crippen MR) is 95.7 cm³/mol. The topological polar surface area (TPSA) is 59.6 Å². The summed E-state index contributed by atoms with van der Waals surface area (Å²) >= 11 is 0. The van der Waals surface area contributed by atoms with E-state index in [9.17, 15) is 4.79 Å². The van der Waals surface area contributed by atoms with E-state index in [1.807, 2.05) is 32.0 Å². The van der Waals surface area contributed by atoms with E-state index >= 15 is 0 Å². The number of piperidine rings is 1. The van der Waals surface area contributed by atoms with Crippen molar-refractivity contribution in [2.24, 2.45) is 5.92 Å². The van der Waals surface area contributed by atoms with Crippen LogP contribution < -0.4 is 20.1 Å². The molecule has 24 heavy (non-hydrogen) atoms. The molecule has 2 rings (SSSR count). The van der Waals surface area contributed by atoms with Crippen molar-refractivity contribution in [1.29, 1.82) is 0 Å². The lowest BCUT2D eigenvalue weighted by Crippen LogP contribution is -2.48. The van der Waals surface area contributed by atoms with Crippen molar-refractivity contribution in [3.05, 3.63) is 23.8 Å². The van der Waals surface area contributed by atoms with Gasteiger partial charge in [-0.15, -0.1) is 0 Å². The van der Waals surface area contributed by atoms with Crippen LogP contribution in [-0.2, 0) is 11.2 Å². The third-order valence-corrected chi connectivity index (χ3v) is 4.30. The van der Waals surface area contributed by atoms with E-state index < -0.39 is 0 Å². The van der Waals surface area contributed by atoms with E-state index in [1.54, 1.807) is 0 Å². The monoisotopic (exact) mass is 334 g/mol. The smallest absolute Gasteiger partial charge is 0.237 e. The first-order chi connectivity index (χ1) is 11.6. The molecule has 1 aromatic rings. The summed E-state index contributed by atoms with van der Waals surface area (Å²) in [6.45, 7) is 8.89. The van der Waals surface area contributed by atoms with Crippen molar-refractivity contribution in [3.63, 3.8) is 0 Å². The number of carbonyl (C=O) groups is 1. The van der Waals surface area contributed by atoms with Crippen LogP contribution in [0, 0.1) is 5.92 Å². The molecule has 2 atom stereocenters. The summed E-state index contributed by atoms with van der Waals surface area (Å²) in [6.07, 6.45) is 2.85. The van der Waals surface area contributed by atoms with Gasteiger partial charge in [-0.05, 0) is 63.3 Å². The molecule has 1 fully saturated rings. The standard InChI is InChI=1S/C19H30N2O3/c1-4-23-17-7-6-15(13-18(17)24-5-2)9-11-21-19(22)16-12-14(3)8-10-20-16/h6-7,13-14,16,20H,4-5,8-12H2,1-3H3,(H,21,22). The Balaban J connectivity index is 1.85. The lowest BCUT2D eigenvalue weighted by Gasteiger charge is -2.27. The van der Waals surface area contributed by atoms with Gasteiger partial charge in [0.05, 0.1) is 19.3 Å². The Morgan fingerprint density at radius 1 is 1.25 bits per heavy atom. The largest absolute Gasteiger partial charge is 0.490 e. The minimum atomic E-state index is -0.0481. The number of benzene rings is 1. The number of hydrogen-bond acceptors (Lipinski definition) is 4. The van der Waals surface area contributed by atoms with E-state index in [2.05, 4.69) is 17.6 Å². The molecule has 0 bridgehead atoms. The molecule has 1 aromatic carbocycles. The van der Waals surface area contributed by atoms with Crippen LogP contribution in [0.1, 0.15) is 39.2 Å². The molecule has 1 amide bonds. The van der Waals surface area contributed by atoms with Gasteiger partial charge in [-0.25, -0.2) is 0 Å². The second-order valence-electron chi connectivity index (χ2n) is 6.32. The van der Waals surface area contributed by atoms with Gasteiger partial charge < -0.3 is 20.1 Å². The maximum absolute atomic E-state index is 12.2. The maximum Gasteiger partial charge on any atom is 0.237 e. The third kappa shape index (κ3) is 5.41. The molecule has 2 N–H and O–H groups in total. The number of ether oxygens (including phenoxy) is 2. The first-order valence-electron chi connectivity index (χ1n) is 9.03. The molecule has 0 saturated carbocycles. The van der Waals surface area contributed by atoms with Crippen LogP contribution in [0.15, 0.2) is 18.2 Å². The highest BCUT2D eigenvalue weighted by atomic mass is 16.5. The molecule has 1 aliphatic rings. The fraction of sp³-hybridized carbons (Fsp3) is 0.632. The molecule has 5 nitrogen and oxygen atoms in total. The Kier molecular flexibility index (Phi) is 7.37. The lowest BCUT2D eigenvalue weighted by molar-refractivity contribution is -0.124. The van der Waals surface area contributed by atoms with Crippen LogP contribution in [-0.4, -0.2) is 38.3 Å². The van der Waals surface area contributed by atoms with Crippen molar-refractivity contribution < 1.29 is 14.3 Å². The minimum Gasteiger partial charge on any atom is -0.490 e. The lowest BCUT2D eigenvalue weighted by atomic mass is 9.94. The zero-order chi connectivity index (χ0) is 17.4. The Morgan fingerprint density at radius 3 is 2.71 bits per heavy atom. The van der Waals surface area contributed by atoms with Gasteiger partial charge in [-0.1, -0.05) is 13.0 Å². The zero-order valence-electron chi connectivity index (χ0n) is 15.1. The summed E-state index contributed by atoms with van der Waals surface area (Å²) in [5.74, 6) is 2.26. The van der Waals surface area contributed by atoms with Crippen molar-refractivity contribution in [3.8, 4) is 11.5 Å². The predicted octanol–water partition coefficient (Wildman–Crippen LogP) is 2.53. The van der Waals surface area contributed by atoms with Crippen molar-refractivity contribution in [2.75, 3.05) is 26.3 Å². The summed E-state index contributed by atoms with van der Waals surface area (Å²) in [6, 6.07) is 5.92. The molecule has 0 spiro atoms. The number of amides is 1. The second-order valence-corrected chi connectivity index (χ2v) is 6.32. The highest BCUT2D eigenvalue weighted by Gasteiger charge is 2.23. The molecular formula is C19H30N2O3. The molecule has 1 heterocycles. The van der Waals surface area contributed by atoms with Crippen LogP contribution in [0.4, 0.5) is 0 Å². The molecule has 0 radical (unpaired) electrons. The fourth-order valence-electron chi connectivity index (χ4n) is 3.01. The summed E-state index contributed by atoms with van der Waals surface area (Å²) in [5.41, 5.74) is 1.13. The van der Waals surface area contributed by atoms with Crippen molar-refractivity contribution >= 4 is 5.91 Å². The van der Waals surface area contributed by atoms with E-state index in [1.165, 1.54) is 0 Å². The van der Waals surface area contributed by atoms with E-state index in [0.717, 1.165) is 42.9 Å². The quantitative estimate of drug-likeness (QED) is 0.767. The van der Waals surface area contributed by atoms with Gasteiger partial charge in [-0.2, -0.15) is 0 Å². The molecule has 5 heteroatoms. The van der Waals surface area contributed by atoms with Gasteiger partial charge in [0, 0.05) is 6.54 Å². The van der Waals surface area contributed by atoms with Crippen LogP contribution in [0.3, 0.4) is 0 Å². The normalized spacial score (nSPS) is 20.5. The Hall–Kier alpha value is -1.75. The summed E-state index contributed by atoms with van der Waals surface area (Å²) in [5, 5.41) is 6.34. The maximum atomic E-state index is 12.2. The first kappa shape index (κ1) is 18.6. The average molecular weight is 334 g/mol. The van der Waals surface area contributed by atoms with Crippen LogP contribution in [0.5, 0.6) is 11.5 Å². The van der Waals surface area contributed by atoms with Gasteiger partial charge >= 0.3 is 0 Å². The highest BCUT2D eigenvalue weighted by molar-refractivity contribution is 5.81. The van der Waals surface area contributed by atoms with E-state index in [0.29, 0.717) is 25.7 Å². The second kappa shape index (κ2) is 9.52. The van der Waals surface area contributed by atoms with Gasteiger partial charge in [0.25, 0.3) is 0 Å². The molecule has 134 valence electrons. The Bertz CT molecular complexity index is 533. The Morgan fingerprint density at radius 2 is 2.00 bits per heavy atom. The van der Waals surface area contributed by atoms with Crippen LogP contribution >= 0.6 is 0 Å². The summed E-state index contributed by atoms with van der Waals surface area (Å²) in [7, 11) is 0. The Labute approximate surface area is 145 Å².